The number of nitrogens with two attached hydrogens (primary N) is 1. The van der Waals surface area contributed by atoms with Crippen LogP contribution in [-0.2, 0) is 11.3 Å². The second-order valence-electron chi connectivity index (χ2n) is 4.00. The Balaban J connectivity index is 1.81. The van der Waals surface area contributed by atoms with E-state index in [1.165, 1.54) is 17.7 Å². The van der Waals surface area contributed by atoms with Crippen molar-refractivity contribution in [3.8, 4) is 0 Å². The number of hydrogen-bond donors (Lipinski definition) is 1. The fraction of sp³-hybridized carbons (Fsp3) is 0.636. The summed E-state index contributed by atoms with van der Waals surface area (Å²) in [6.07, 6.45) is 4.91. The highest BCUT2D eigenvalue weighted by Crippen LogP contribution is 2.25. The highest BCUT2D eigenvalue weighted by Gasteiger charge is 2.22. The SMILES string of the molecule is NC1CCCCC1OCc1ccc(Cl)s1. The summed E-state index contributed by atoms with van der Waals surface area (Å²) in [4.78, 5) is 1.18. The fourth-order valence-electron chi connectivity index (χ4n) is 1.95. The molecule has 1 heterocycles. The quantitative estimate of drug-likeness (QED) is 0.888. The van der Waals surface area contributed by atoms with Gasteiger partial charge in [-0.25, -0.2) is 0 Å². The molecule has 1 saturated carbocycles. The minimum atomic E-state index is 0.217. The van der Waals surface area contributed by atoms with Gasteiger partial charge in [-0.05, 0) is 25.0 Å². The van der Waals surface area contributed by atoms with E-state index in [0.29, 0.717) is 6.61 Å². The van der Waals surface area contributed by atoms with Crippen LogP contribution < -0.4 is 5.73 Å². The van der Waals surface area contributed by atoms with Crippen LogP contribution in [0.2, 0.25) is 4.34 Å². The lowest BCUT2D eigenvalue weighted by atomic mass is 9.93. The lowest BCUT2D eigenvalue weighted by molar-refractivity contribution is 0.00530. The summed E-state index contributed by atoms with van der Waals surface area (Å²) in [5, 5.41) is 0. The van der Waals surface area contributed by atoms with Crippen LogP contribution in [0.5, 0.6) is 0 Å². The van der Waals surface area contributed by atoms with Crippen molar-refractivity contribution in [2.45, 2.75) is 44.4 Å². The summed E-state index contributed by atoms with van der Waals surface area (Å²) >= 11 is 7.43. The van der Waals surface area contributed by atoms with Crippen molar-refractivity contribution in [2.24, 2.45) is 5.73 Å². The van der Waals surface area contributed by atoms with E-state index >= 15 is 0 Å². The number of thiophene rings is 1. The summed E-state index contributed by atoms with van der Waals surface area (Å²) in [5.74, 6) is 0. The molecule has 2 nitrogen and oxygen atoms in total. The lowest BCUT2D eigenvalue weighted by Gasteiger charge is -2.28. The number of hydrogen-bond acceptors (Lipinski definition) is 3. The summed E-state index contributed by atoms with van der Waals surface area (Å²) < 4.78 is 6.64. The number of rotatable bonds is 3. The molecule has 0 saturated heterocycles. The third-order valence-corrected chi connectivity index (χ3v) is 4.03. The monoisotopic (exact) mass is 245 g/mol. The van der Waals surface area contributed by atoms with Gasteiger partial charge in [0.25, 0.3) is 0 Å². The Morgan fingerprint density at radius 3 is 2.87 bits per heavy atom. The smallest absolute Gasteiger partial charge is 0.0932 e. The standard InChI is InChI=1S/C11H16ClNOS/c12-11-6-5-8(15-11)7-14-10-4-2-1-3-9(10)13/h5-6,9-10H,1-4,7,13H2. The zero-order valence-electron chi connectivity index (χ0n) is 8.62. The first-order valence-electron chi connectivity index (χ1n) is 5.37. The normalized spacial score (nSPS) is 26.8. The molecule has 2 unspecified atom stereocenters. The maximum absolute atomic E-state index is 6.00. The van der Waals surface area contributed by atoms with E-state index in [1.54, 1.807) is 11.3 Å². The third-order valence-electron chi connectivity index (χ3n) is 2.82. The molecule has 2 rings (SSSR count). The van der Waals surface area contributed by atoms with E-state index in [4.69, 9.17) is 22.1 Å². The summed E-state index contributed by atoms with van der Waals surface area (Å²) in [6, 6.07) is 4.14. The van der Waals surface area contributed by atoms with Gasteiger partial charge in [-0.3, -0.25) is 0 Å². The first-order valence-corrected chi connectivity index (χ1v) is 6.56. The highest BCUT2D eigenvalue weighted by atomic mass is 35.5. The Labute approximate surface area is 99.4 Å². The Hall–Kier alpha value is -0.0900. The average Bonchev–Trinajstić information content (AvgIpc) is 2.63. The molecule has 0 radical (unpaired) electrons. The first-order chi connectivity index (χ1) is 7.25. The van der Waals surface area contributed by atoms with Crippen molar-refractivity contribution >= 4 is 22.9 Å². The van der Waals surface area contributed by atoms with E-state index in [2.05, 4.69) is 0 Å². The zero-order chi connectivity index (χ0) is 10.7. The van der Waals surface area contributed by atoms with Crippen LogP contribution in [0.1, 0.15) is 30.6 Å². The fourth-order valence-corrected chi connectivity index (χ4v) is 2.96. The molecule has 0 amide bonds. The molecule has 1 aliphatic carbocycles. The van der Waals surface area contributed by atoms with Gasteiger partial charge in [0.15, 0.2) is 0 Å². The molecule has 84 valence electrons. The zero-order valence-corrected chi connectivity index (χ0v) is 10.2. The van der Waals surface area contributed by atoms with Crippen LogP contribution in [0.15, 0.2) is 12.1 Å². The number of halogens is 1. The lowest BCUT2D eigenvalue weighted by Crippen LogP contribution is -2.39. The minimum absolute atomic E-state index is 0.217. The van der Waals surface area contributed by atoms with E-state index in [-0.39, 0.29) is 12.1 Å². The summed E-state index contributed by atoms with van der Waals surface area (Å²) in [7, 11) is 0. The molecular formula is C11H16ClNOS. The first kappa shape index (κ1) is 11.4. The second kappa shape index (κ2) is 5.30. The molecule has 1 fully saturated rings. The topological polar surface area (TPSA) is 35.2 Å². The molecule has 1 aliphatic rings. The van der Waals surface area contributed by atoms with Crippen LogP contribution in [0.4, 0.5) is 0 Å². The van der Waals surface area contributed by atoms with Gasteiger partial charge < -0.3 is 10.5 Å². The Morgan fingerprint density at radius 1 is 1.40 bits per heavy atom. The Bertz CT molecular complexity index is 315. The van der Waals surface area contributed by atoms with E-state index < -0.39 is 0 Å². The number of ether oxygens (including phenoxy) is 1. The van der Waals surface area contributed by atoms with Crippen molar-refractivity contribution in [1.29, 1.82) is 0 Å². The molecule has 0 aromatic carbocycles. The van der Waals surface area contributed by atoms with Gasteiger partial charge in [0, 0.05) is 10.9 Å². The van der Waals surface area contributed by atoms with Gasteiger partial charge in [0.1, 0.15) is 0 Å². The largest absolute Gasteiger partial charge is 0.371 e. The van der Waals surface area contributed by atoms with Crippen molar-refractivity contribution in [1.82, 2.24) is 0 Å². The molecule has 0 spiro atoms. The second-order valence-corrected chi connectivity index (χ2v) is 5.80. The van der Waals surface area contributed by atoms with Gasteiger partial charge in [-0.1, -0.05) is 24.4 Å². The molecular weight excluding hydrogens is 230 g/mol. The predicted octanol–water partition coefficient (Wildman–Crippen LogP) is 3.19. The van der Waals surface area contributed by atoms with Gasteiger partial charge in [0.05, 0.1) is 17.0 Å². The third kappa shape index (κ3) is 3.18. The maximum Gasteiger partial charge on any atom is 0.0932 e. The molecule has 1 aromatic heterocycles. The molecule has 4 heteroatoms. The maximum atomic E-state index is 6.00. The van der Waals surface area contributed by atoms with Gasteiger partial charge in [0.2, 0.25) is 0 Å². The van der Waals surface area contributed by atoms with Crippen LogP contribution in [0.25, 0.3) is 0 Å². The van der Waals surface area contributed by atoms with Crippen LogP contribution in [-0.4, -0.2) is 12.1 Å². The van der Waals surface area contributed by atoms with E-state index in [1.807, 2.05) is 12.1 Å². The average molecular weight is 246 g/mol. The molecule has 2 N–H and O–H groups in total. The minimum Gasteiger partial charge on any atom is -0.371 e. The van der Waals surface area contributed by atoms with Crippen molar-refractivity contribution < 1.29 is 4.74 Å². The van der Waals surface area contributed by atoms with Gasteiger partial charge in [-0.2, -0.15) is 0 Å². The Morgan fingerprint density at radius 2 is 2.20 bits per heavy atom. The van der Waals surface area contributed by atoms with Gasteiger partial charge in [-0.15, -0.1) is 11.3 Å². The molecule has 0 bridgehead atoms. The summed E-state index contributed by atoms with van der Waals surface area (Å²) in [6.45, 7) is 0.649. The van der Waals surface area contributed by atoms with Crippen molar-refractivity contribution in [3.63, 3.8) is 0 Å². The Kier molecular flexibility index (Phi) is 4.03. The van der Waals surface area contributed by atoms with E-state index in [9.17, 15) is 0 Å². The van der Waals surface area contributed by atoms with E-state index in [0.717, 1.165) is 17.2 Å². The van der Waals surface area contributed by atoms with Crippen LogP contribution in [0.3, 0.4) is 0 Å². The molecule has 1 aromatic rings. The summed E-state index contributed by atoms with van der Waals surface area (Å²) in [5.41, 5.74) is 6.00. The van der Waals surface area contributed by atoms with Crippen LogP contribution >= 0.6 is 22.9 Å². The molecule has 15 heavy (non-hydrogen) atoms. The molecule has 2 atom stereocenters. The van der Waals surface area contributed by atoms with Gasteiger partial charge >= 0.3 is 0 Å². The van der Waals surface area contributed by atoms with Crippen LogP contribution in [0, 0.1) is 0 Å². The predicted molar refractivity (Wildman–Crippen MR) is 64.3 cm³/mol. The van der Waals surface area contributed by atoms with Crippen molar-refractivity contribution in [3.05, 3.63) is 21.3 Å². The molecule has 0 aliphatic heterocycles. The van der Waals surface area contributed by atoms with Crippen molar-refractivity contribution in [2.75, 3.05) is 0 Å². The highest BCUT2D eigenvalue weighted by molar-refractivity contribution is 7.16.